The number of carbonyl (C=O) groups is 1. The summed E-state index contributed by atoms with van der Waals surface area (Å²) in [5.74, 6) is 0.506. The highest BCUT2D eigenvalue weighted by Crippen LogP contribution is 2.35. The topological polar surface area (TPSA) is 39.7 Å². The Labute approximate surface area is 203 Å². The van der Waals surface area contributed by atoms with Gasteiger partial charge in [-0.3, -0.25) is 9.69 Å². The lowest BCUT2D eigenvalue weighted by Gasteiger charge is -2.46. The average Bonchev–Trinajstić information content (AvgIpc) is 2.78. The van der Waals surface area contributed by atoms with E-state index in [2.05, 4.69) is 9.88 Å². The minimum atomic E-state index is -4.46. The molecule has 3 heterocycles. The van der Waals surface area contributed by atoms with Gasteiger partial charge < -0.3 is 9.80 Å². The second-order valence-corrected chi connectivity index (χ2v) is 9.76. The summed E-state index contributed by atoms with van der Waals surface area (Å²) in [5.41, 5.74) is 1.99. The van der Waals surface area contributed by atoms with E-state index in [-0.39, 0.29) is 17.0 Å². The number of nitrogens with zero attached hydrogens (tertiary/aromatic N) is 4. The maximum absolute atomic E-state index is 13.1. The van der Waals surface area contributed by atoms with E-state index in [1.165, 1.54) is 0 Å². The smallest absolute Gasteiger partial charge is 0.350 e. The molecule has 1 unspecified atom stereocenters. The monoisotopic (exact) mass is 494 g/mol. The molecule has 1 aromatic carbocycles. The number of amides is 1. The van der Waals surface area contributed by atoms with Crippen LogP contribution in [0.1, 0.15) is 46.8 Å². The van der Waals surface area contributed by atoms with Gasteiger partial charge >= 0.3 is 6.18 Å². The number of likely N-dealkylation sites (tertiary alicyclic amines) is 1. The van der Waals surface area contributed by atoms with Crippen molar-refractivity contribution in [1.82, 2.24) is 14.8 Å². The number of anilines is 1. The standard InChI is InChI=1S/C25H30ClF3N4O/c1-16-5-4-6-17(2)22(16)24(34)31-9-7-20(8-10-31)32-11-12-33(18(3)15-32)23-21(26)13-19(14-30-23)25(27,28)29/h4-6,13-14,18,20H,7-12,15H2,1-3H3. The Kier molecular flexibility index (Phi) is 7.10. The first-order chi connectivity index (χ1) is 16.1. The summed E-state index contributed by atoms with van der Waals surface area (Å²) in [6.07, 6.45) is -1.80. The zero-order valence-electron chi connectivity index (χ0n) is 19.7. The lowest BCUT2D eigenvalue weighted by atomic mass is 9.97. The molecule has 0 N–H and O–H groups in total. The van der Waals surface area contributed by atoms with Gasteiger partial charge in [0.1, 0.15) is 5.82 Å². The summed E-state index contributed by atoms with van der Waals surface area (Å²) >= 11 is 6.18. The van der Waals surface area contributed by atoms with Gasteiger partial charge in [0.2, 0.25) is 0 Å². The van der Waals surface area contributed by atoms with Gasteiger partial charge in [-0.05, 0) is 50.8 Å². The second-order valence-electron chi connectivity index (χ2n) is 9.35. The normalized spacial score (nSPS) is 20.6. The molecule has 1 atom stereocenters. The van der Waals surface area contributed by atoms with Gasteiger partial charge in [-0.1, -0.05) is 29.8 Å². The Morgan fingerprint density at radius 2 is 1.74 bits per heavy atom. The molecule has 2 fully saturated rings. The first-order valence-corrected chi connectivity index (χ1v) is 12.0. The molecule has 0 saturated carbocycles. The highest BCUT2D eigenvalue weighted by molar-refractivity contribution is 6.33. The van der Waals surface area contributed by atoms with E-state index in [1.807, 2.05) is 48.8 Å². The van der Waals surface area contributed by atoms with E-state index >= 15 is 0 Å². The molecule has 2 aromatic rings. The summed E-state index contributed by atoms with van der Waals surface area (Å²) in [6, 6.07) is 7.32. The molecule has 2 aliphatic heterocycles. The van der Waals surface area contributed by atoms with Crippen molar-refractivity contribution in [2.24, 2.45) is 0 Å². The van der Waals surface area contributed by atoms with E-state index in [0.29, 0.717) is 18.4 Å². The number of rotatable bonds is 3. The van der Waals surface area contributed by atoms with Gasteiger partial charge in [-0.2, -0.15) is 13.2 Å². The Hall–Kier alpha value is -2.32. The number of aryl methyl sites for hydroxylation is 2. The van der Waals surface area contributed by atoms with Crippen LogP contribution in [0.3, 0.4) is 0 Å². The predicted octanol–water partition coefficient (Wildman–Crippen LogP) is 5.19. The highest BCUT2D eigenvalue weighted by Gasteiger charge is 2.35. The molecule has 0 aliphatic carbocycles. The third-order valence-electron chi connectivity index (χ3n) is 7.04. The first-order valence-electron chi connectivity index (χ1n) is 11.6. The molecule has 0 bridgehead atoms. The Balaban J connectivity index is 1.36. The lowest BCUT2D eigenvalue weighted by molar-refractivity contribution is -0.137. The summed E-state index contributed by atoms with van der Waals surface area (Å²) < 4.78 is 38.8. The Morgan fingerprint density at radius 3 is 2.29 bits per heavy atom. The van der Waals surface area contributed by atoms with Crippen molar-refractivity contribution in [3.63, 3.8) is 0 Å². The quantitative estimate of drug-likeness (QED) is 0.589. The zero-order chi connectivity index (χ0) is 24.6. The molecule has 4 rings (SSSR count). The summed E-state index contributed by atoms with van der Waals surface area (Å²) in [7, 11) is 0. The number of aromatic nitrogens is 1. The van der Waals surface area contributed by atoms with E-state index in [0.717, 1.165) is 68.0 Å². The molecule has 5 nitrogen and oxygen atoms in total. The number of hydrogen-bond donors (Lipinski definition) is 0. The fraction of sp³-hybridized carbons (Fsp3) is 0.520. The van der Waals surface area contributed by atoms with Gasteiger partial charge in [0.05, 0.1) is 10.6 Å². The molecular formula is C25H30ClF3N4O. The number of piperidine rings is 1. The van der Waals surface area contributed by atoms with Crippen molar-refractivity contribution in [3.8, 4) is 0 Å². The van der Waals surface area contributed by atoms with Crippen molar-refractivity contribution >= 4 is 23.3 Å². The minimum absolute atomic E-state index is 0.0217. The van der Waals surface area contributed by atoms with Gasteiger partial charge in [-0.15, -0.1) is 0 Å². The molecule has 1 aromatic heterocycles. The summed E-state index contributed by atoms with van der Waals surface area (Å²) in [5, 5.41) is 0.0217. The number of piperazine rings is 1. The second kappa shape index (κ2) is 9.74. The molecule has 184 valence electrons. The zero-order valence-corrected chi connectivity index (χ0v) is 20.5. The van der Waals surface area contributed by atoms with Crippen molar-refractivity contribution in [3.05, 3.63) is 57.7 Å². The van der Waals surface area contributed by atoms with Crippen LogP contribution in [0.2, 0.25) is 5.02 Å². The van der Waals surface area contributed by atoms with Crippen molar-refractivity contribution < 1.29 is 18.0 Å². The van der Waals surface area contributed by atoms with Crippen LogP contribution in [-0.2, 0) is 6.18 Å². The summed E-state index contributed by atoms with van der Waals surface area (Å²) in [4.78, 5) is 23.5. The highest BCUT2D eigenvalue weighted by atomic mass is 35.5. The fourth-order valence-electron chi connectivity index (χ4n) is 5.17. The molecule has 9 heteroatoms. The summed E-state index contributed by atoms with van der Waals surface area (Å²) in [6.45, 7) is 9.63. The third-order valence-corrected chi connectivity index (χ3v) is 7.32. The largest absolute Gasteiger partial charge is 0.417 e. The molecule has 0 spiro atoms. The van der Waals surface area contributed by atoms with E-state index in [9.17, 15) is 18.0 Å². The molecule has 2 aliphatic rings. The third kappa shape index (κ3) is 5.03. The molecule has 2 saturated heterocycles. The number of carbonyl (C=O) groups excluding carboxylic acids is 1. The van der Waals surface area contributed by atoms with Crippen LogP contribution in [0.25, 0.3) is 0 Å². The molecular weight excluding hydrogens is 465 g/mol. The number of benzene rings is 1. The van der Waals surface area contributed by atoms with Gasteiger partial charge in [-0.25, -0.2) is 4.98 Å². The Morgan fingerprint density at radius 1 is 1.09 bits per heavy atom. The van der Waals surface area contributed by atoms with E-state index < -0.39 is 11.7 Å². The number of alkyl halides is 3. The molecule has 34 heavy (non-hydrogen) atoms. The van der Waals surface area contributed by atoms with Crippen LogP contribution in [0.4, 0.5) is 19.0 Å². The predicted molar refractivity (Wildman–Crippen MR) is 127 cm³/mol. The van der Waals surface area contributed by atoms with Gasteiger partial charge in [0.25, 0.3) is 5.91 Å². The van der Waals surface area contributed by atoms with E-state index in [1.54, 1.807) is 0 Å². The van der Waals surface area contributed by atoms with Crippen LogP contribution in [0.5, 0.6) is 0 Å². The first kappa shape index (κ1) is 24.8. The lowest BCUT2D eigenvalue weighted by Crippen LogP contribution is -2.57. The van der Waals surface area contributed by atoms with Crippen LogP contribution in [-0.4, -0.2) is 65.5 Å². The van der Waals surface area contributed by atoms with Crippen molar-refractivity contribution in [2.75, 3.05) is 37.6 Å². The van der Waals surface area contributed by atoms with Gasteiger partial charge in [0.15, 0.2) is 0 Å². The fourth-order valence-corrected chi connectivity index (χ4v) is 5.45. The van der Waals surface area contributed by atoms with Crippen molar-refractivity contribution in [1.29, 1.82) is 0 Å². The van der Waals surface area contributed by atoms with Gasteiger partial charge in [0, 0.05) is 56.6 Å². The van der Waals surface area contributed by atoms with Crippen LogP contribution in [0.15, 0.2) is 30.5 Å². The molecule has 1 amide bonds. The maximum atomic E-state index is 13.1. The minimum Gasteiger partial charge on any atom is -0.350 e. The SMILES string of the molecule is Cc1cccc(C)c1C(=O)N1CCC(N2CCN(c3ncc(C(F)(F)F)cc3Cl)C(C)C2)CC1. The maximum Gasteiger partial charge on any atom is 0.417 e. The van der Waals surface area contributed by atoms with Crippen molar-refractivity contribution in [2.45, 2.75) is 51.9 Å². The number of halogens is 4. The van der Waals surface area contributed by atoms with Crippen LogP contribution >= 0.6 is 11.6 Å². The number of hydrogen-bond acceptors (Lipinski definition) is 4. The Bertz CT molecular complexity index is 1030. The van der Waals surface area contributed by atoms with Crippen LogP contribution < -0.4 is 4.90 Å². The molecule has 0 radical (unpaired) electrons. The van der Waals surface area contributed by atoms with Crippen LogP contribution in [0, 0.1) is 13.8 Å². The number of pyridine rings is 1. The average molecular weight is 495 g/mol. The van der Waals surface area contributed by atoms with E-state index in [4.69, 9.17) is 11.6 Å².